The number of nitrogens with one attached hydrogen (secondary N) is 1. The third-order valence-corrected chi connectivity index (χ3v) is 6.59. The molecule has 1 aliphatic heterocycles. The van der Waals surface area contributed by atoms with Gasteiger partial charge in [-0.25, -0.2) is 0 Å². The second-order valence-electron chi connectivity index (χ2n) is 7.65. The fourth-order valence-corrected chi connectivity index (χ4v) is 4.46. The van der Waals surface area contributed by atoms with Gasteiger partial charge in [0.2, 0.25) is 11.8 Å². The highest BCUT2D eigenvalue weighted by molar-refractivity contribution is 7.13. The monoisotopic (exact) mass is 499 g/mol. The number of nitrogens with zero attached hydrogens (tertiary/aromatic N) is 4. The van der Waals surface area contributed by atoms with E-state index in [1.54, 1.807) is 0 Å². The zero-order chi connectivity index (χ0) is 23.6. The third-order valence-electron chi connectivity index (χ3n) is 5.41. The van der Waals surface area contributed by atoms with Crippen molar-refractivity contribution in [2.75, 3.05) is 38.0 Å². The first-order valence-corrected chi connectivity index (χ1v) is 11.5. The summed E-state index contributed by atoms with van der Waals surface area (Å²) in [7, 11) is 0. The van der Waals surface area contributed by atoms with Crippen LogP contribution in [0.15, 0.2) is 40.1 Å². The number of anilines is 1. The molecule has 0 aliphatic carbocycles. The summed E-state index contributed by atoms with van der Waals surface area (Å²) in [6.07, 6.45) is -4.59. The molecule has 4 rings (SSSR count). The van der Waals surface area contributed by atoms with Crippen LogP contribution < -0.4 is 5.32 Å². The van der Waals surface area contributed by atoms with E-state index in [1.807, 2.05) is 29.3 Å². The molecule has 176 valence electrons. The molecule has 7 nitrogen and oxygen atoms in total. The van der Waals surface area contributed by atoms with E-state index in [4.69, 9.17) is 16.0 Å². The van der Waals surface area contributed by atoms with Crippen LogP contribution in [0.5, 0.6) is 0 Å². The van der Waals surface area contributed by atoms with Gasteiger partial charge in [-0.3, -0.25) is 14.6 Å². The summed E-state index contributed by atoms with van der Waals surface area (Å²) in [6, 6.07) is 7.09. The minimum absolute atomic E-state index is 0.0573. The van der Waals surface area contributed by atoms with Gasteiger partial charge in [0.05, 0.1) is 28.0 Å². The van der Waals surface area contributed by atoms with E-state index in [2.05, 4.69) is 20.4 Å². The maximum absolute atomic E-state index is 13.0. The topological polar surface area (TPSA) is 74.5 Å². The fraction of sp³-hybridized carbons (Fsp3) is 0.381. The van der Waals surface area contributed by atoms with Gasteiger partial charge in [-0.05, 0) is 36.6 Å². The molecule has 0 bridgehead atoms. The van der Waals surface area contributed by atoms with Gasteiger partial charge in [0.15, 0.2) is 0 Å². The highest BCUT2D eigenvalue weighted by Gasteiger charge is 2.33. The van der Waals surface area contributed by atoms with Gasteiger partial charge in [0.25, 0.3) is 5.89 Å². The quantitative estimate of drug-likeness (QED) is 0.526. The van der Waals surface area contributed by atoms with Crippen molar-refractivity contribution in [1.29, 1.82) is 0 Å². The van der Waals surface area contributed by atoms with E-state index >= 15 is 0 Å². The molecule has 1 amide bonds. The van der Waals surface area contributed by atoms with Gasteiger partial charge in [-0.15, -0.1) is 21.5 Å². The number of carbonyl (C=O) groups excluding carboxylic acids is 1. The van der Waals surface area contributed by atoms with Crippen molar-refractivity contribution in [2.24, 2.45) is 0 Å². The molecule has 1 fully saturated rings. The zero-order valence-electron chi connectivity index (χ0n) is 17.6. The van der Waals surface area contributed by atoms with Crippen LogP contribution in [0, 0.1) is 0 Å². The van der Waals surface area contributed by atoms with Gasteiger partial charge < -0.3 is 9.73 Å². The van der Waals surface area contributed by atoms with Gasteiger partial charge >= 0.3 is 6.18 Å². The lowest BCUT2D eigenvalue weighted by atomic mass is 10.2. The van der Waals surface area contributed by atoms with Crippen LogP contribution in [-0.2, 0) is 11.0 Å². The van der Waals surface area contributed by atoms with Crippen LogP contribution in [0.2, 0.25) is 5.02 Å². The third kappa shape index (κ3) is 5.72. The zero-order valence-corrected chi connectivity index (χ0v) is 19.2. The molecular formula is C21H21ClF3N5O2S. The fourth-order valence-electron chi connectivity index (χ4n) is 3.59. The minimum Gasteiger partial charge on any atom is -0.418 e. The maximum Gasteiger partial charge on any atom is 0.417 e. The number of thiophene rings is 1. The number of halogens is 4. The predicted molar refractivity (Wildman–Crippen MR) is 119 cm³/mol. The minimum atomic E-state index is -4.59. The van der Waals surface area contributed by atoms with E-state index in [9.17, 15) is 18.0 Å². The van der Waals surface area contributed by atoms with Crippen molar-refractivity contribution in [2.45, 2.75) is 19.1 Å². The maximum atomic E-state index is 13.0. The Balaban J connectivity index is 1.28. The number of amides is 1. The lowest BCUT2D eigenvalue weighted by Crippen LogP contribution is -2.49. The van der Waals surface area contributed by atoms with Crippen molar-refractivity contribution in [3.8, 4) is 10.8 Å². The molecule has 1 aliphatic rings. The SMILES string of the molecule is CC(c1nnc(-c2cccs2)o1)N1CCN(CC(=O)Nc2ccc(Cl)c(C(F)(F)F)c2)CC1. The number of benzene rings is 1. The van der Waals surface area contributed by atoms with Gasteiger partial charge in [-0.1, -0.05) is 17.7 Å². The molecule has 12 heteroatoms. The molecule has 1 unspecified atom stereocenters. The first-order valence-electron chi connectivity index (χ1n) is 10.2. The molecule has 33 heavy (non-hydrogen) atoms. The van der Waals surface area contributed by atoms with Crippen LogP contribution in [0.4, 0.5) is 18.9 Å². The van der Waals surface area contributed by atoms with Crippen molar-refractivity contribution in [3.63, 3.8) is 0 Å². The summed E-state index contributed by atoms with van der Waals surface area (Å²) in [4.78, 5) is 17.4. The van der Waals surface area contributed by atoms with E-state index in [1.165, 1.54) is 17.4 Å². The number of carbonyl (C=O) groups is 1. The van der Waals surface area contributed by atoms with Crippen molar-refractivity contribution in [1.82, 2.24) is 20.0 Å². The summed E-state index contributed by atoms with van der Waals surface area (Å²) in [5.74, 6) is 0.648. The molecule has 2 aromatic heterocycles. The van der Waals surface area contributed by atoms with Crippen molar-refractivity contribution >= 4 is 34.5 Å². The van der Waals surface area contributed by atoms with Crippen LogP contribution in [-0.4, -0.2) is 58.6 Å². The molecule has 0 spiro atoms. The van der Waals surface area contributed by atoms with Crippen LogP contribution in [0.3, 0.4) is 0 Å². The average Bonchev–Trinajstić information content (AvgIpc) is 3.46. The number of hydrogen-bond acceptors (Lipinski definition) is 7. The summed E-state index contributed by atoms with van der Waals surface area (Å²) in [6.45, 7) is 4.69. The first-order chi connectivity index (χ1) is 15.7. The molecule has 3 heterocycles. The van der Waals surface area contributed by atoms with Crippen LogP contribution >= 0.6 is 22.9 Å². The number of piperazine rings is 1. The Kier molecular flexibility index (Phi) is 7.03. The summed E-state index contributed by atoms with van der Waals surface area (Å²) < 4.78 is 44.9. The molecule has 1 aromatic carbocycles. The lowest BCUT2D eigenvalue weighted by molar-refractivity contribution is -0.137. The summed E-state index contributed by atoms with van der Waals surface area (Å²) in [5, 5.41) is 12.4. The average molecular weight is 500 g/mol. The van der Waals surface area contributed by atoms with Crippen molar-refractivity contribution < 1.29 is 22.4 Å². The molecule has 1 atom stereocenters. The van der Waals surface area contributed by atoms with E-state index in [0.717, 1.165) is 17.0 Å². The molecule has 3 aromatic rings. The summed E-state index contributed by atoms with van der Waals surface area (Å²) >= 11 is 7.15. The molecular weight excluding hydrogens is 479 g/mol. The molecule has 1 saturated heterocycles. The highest BCUT2D eigenvalue weighted by Crippen LogP contribution is 2.36. The number of alkyl halides is 3. The first kappa shape index (κ1) is 23.7. The summed E-state index contributed by atoms with van der Waals surface area (Å²) in [5.41, 5.74) is -0.922. The highest BCUT2D eigenvalue weighted by atomic mass is 35.5. The predicted octanol–water partition coefficient (Wildman–Crippen LogP) is 4.79. The number of hydrogen-bond donors (Lipinski definition) is 1. The van der Waals surface area contributed by atoms with E-state index < -0.39 is 16.8 Å². The largest absolute Gasteiger partial charge is 0.418 e. The van der Waals surface area contributed by atoms with Gasteiger partial charge in [0.1, 0.15) is 0 Å². The number of rotatable bonds is 6. The van der Waals surface area contributed by atoms with Crippen molar-refractivity contribution in [3.05, 3.63) is 52.2 Å². The van der Waals surface area contributed by atoms with Crippen LogP contribution in [0.1, 0.15) is 24.4 Å². The second-order valence-corrected chi connectivity index (χ2v) is 9.01. The molecule has 1 N–H and O–H groups in total. The van der Waals surface area contributed by atoms with Crippen LogP contribution in [0.25, 0.3) is 10.8 Å². The molecule has 0 radical (unpaired) electrons. The van der Waals surface area contributed by atoms with Gasteiger partial charge in [-0.2, -0.15) is 13.2 Å². The Morgan fingerprint density at radius 1 is 1.24 bits per heavy atom. The van der Waals surface area contributed by atoms with E-state index in [0.29, 0.717) is 38.0 Å². The Morgan fingerprint density at radius 3 is 2.67 bits per heavy atom. The smallest absolute Gasteiger partial charge is 0.417 e. The molecule has 0 saturated carbocycles. The van der Waals surface area contributed by atoms with E-state index in [-0.39, 0.29) is 24.2 Å². The Morgan fingerprint density at radius 2 is 2.00 bits per heavy atom. The second kappa shape index (κ2) is 9.80. The Labute approximate surface area is 197 Å². The standard InChI is InChI=1S/C21H21ClF3N5O2S/c1-13(19-27-28-20(32-19)17-3-2-10-33-17)30-8-6-29(7-9-30)12-18(31)26-14-4-5-16(22)15(11-14)21(23,24)25/h2-5,10-11,13H,6-9,12H2,1H3,(H,26,31). The number of aromatic nitrogens is 2. The van der Waals surface area contributed by atoms with Gasteiger partial charge in [0, 0.05) is 31.9 Å². The normalized spacial score (nSPS) is 16.6. The Bertz CT molecular complexity index is 1100. The lowest BCUT2D eigenvalue weighted by Gasteiger charge is -2.36. The Hall–Kier alpha value is -2.47.